The van der Waals surface area contributed by atoms with Crippen LogP contribution in [0.1, 0.15) is 11.1 Å². The van der Waals surface area contributed by atoms with Crippen LogP contribution in [0.4, 0.5) is 19.0 Å². The highest BCUT2D eigenvalue weighted by molar-refractivity contribution is 6.33. The maximum atomic E-state index is 12.8. The average Bonchev–Trinajstić information content (AvgIpc) is 2.72. The Bertz CT molecular complexity index is 894. The van der Waals surface area contributed by atoms with Gasteiger partial charge in [0.2, 0.25) is 0 Å². The molecule has 0 amide bonds. The molecule has 0 saturated carbocycles. The first-order chi connectivity index (χ1) is 14.3. The summed E-state index contributed by atoms with van der Waals surface area (Å²) < 4.78 is 43.8. The summed E-state index contributed by atoms with van der Waals surface area (Å²) in [7, 11) is 0. The van der Waals surface area contributed by atoms with Crippen LogP contribution in [-0.2, 0) is 6.18 Å². The Morgan fingerprint density at radius 1 is 1.20 bits per heavy atom. The van der Waals surface area contributed by atoms with Crippen molar-refractivity contribution in [2.75, 3.05) is 44.2 Å². The summed E-state index contributed by atoms with van der Waals surface area (Å²) in [6.07, 6.45) is -4.40. The van der Waals surface area contributed by atoms with Gasteiger partial charge in [-0.25, -0.2) is 4.98 Å². The molecule has 1 aliphatic rings. The number of pyridine rings is 1. The third-order valence-electron chi connectivity index (χ3n) is 4.72. The molecule has 1 atom stereocenters. The number of hydrogen-bond acceptors (Lipinski definition) is 6. The van der Waals surface area contributed by atoms with Gasteiger partial charge in [-0.3, -0.25) is 4.90 Å². The van der Waals surface area contributed by atoms with Gasteiger partial charge in [0, 0.05) is 38.9 Å². The molecule has 1 aromatic heterocycles. The van der Waals surface area contributed by atoms with Gasteiger partial charge < -0.3 is 14.7 Å². The minimum absolute atomic E-state index is 0.0332. The number of benzene rings is 1. The average molecular weight is 441 g/mol. The largest absolute Gasteiger partial charge is 0.491 e. The van der Waals surface area contributed by atoms with Crippen molar-refractivity contribution in [1.82, 2.24) is 9.88 Å². The molecule has 2 heterocycles. The molecule has 6 nitrogen and oxygen atoms in total. The number of alkyl halides is 3. The second-order valence-electron chi connectivity index (χ2n) is 6.92. The highest BCUT2D eigenvalue weighted by atomic mass is 35.5. The number of hydrogen-bond donors (Lipinski definition) is 1. The van der Waals surface area contributed by atoms with Crippen molar-refractivity contribution >= 4 is 17.4 Å². The predicted molar refractivity (Wildman–Crippen MR) is 106 cm³/mol. The molecule has 10 heteroatoms. The van der Waals surface area contributed by atoms with E-state index in [0.29, 0.717) is 49.9 Å². The zero-order valence-electron chi connectivity index (χ0n) is 15.9. The van der Waals surface area contributed by atoms with Crippen LogP contribution in [0.15, 0.2) is 36.5 Å². The standard InChI is InChI=1S/C20H20ClF3N4O2/c21-18-9-15(20(22,23)24)11-26-19(18)28-7-5-27(6-8-28)12-16(29)13-30-17-3-1-14(10-25)2-4-17/h1-4,9,11,16,29H,5-8,12-13H2/t16-/m0/s1. The molecule has 1 N–H and O–H groups in total. The Hall–Kier alpha value is -2.54. The Kier molecular flexibility index (Phi) is 7.02. The van der Waals surface area contributed by atoms with Crippen molar-refractivity contribution in [3.8, 4) is 11.8 Å². The van der Waals surface area contributed by atoms with Crippen LogP contribution in [0.5, 0.6) is 5.75 Å². The van der Waals surface area contributed by atoms with E-state index in [9.17, 15) is 18.3 Å². The molecule has 0 unspecified atom stereocenters. The van der Waals surface area contributed by atoms with Crippen LogP contribution in [0.25, 0.3) is 0 Å². The smallest absolute Gasteiger partial charge is 0.417 e. The first-order valence-electron chi connectivity index (χ1n) is 9.27. The molecule has 0 spiro atoms. The van der Waals surface area contributed by atoms with Crippen LogP contribution >= 0.6 is 11.6 Å². The molecule has 30 heavy (non-hydrogen) atoms. The van der Waals surface area contributed by atoms with Crippen LogP contribution in [0.2, 0.25) is 5.02 Å². The number of piperazine rings is 1. The number of aliphatic hydroxyl groups is 1. The van der Waals surface area contributed by atoms with Crippen molar-refractivity contribution in [2.45, 2.75) is 12.3 Å². The van der Waals surface area contributed by atoms with Crippen LogP contribution in [0, 0.1) is 11.3 Å². The highest BCUT2D eigenvalue weighted by Crippen LogP contribution is 2.33. The fourth-order valence-corrected chi connectivity index (χ4v) is 3.42. The second kappa shape index (κ2) is 9.51. The van der Waals surface area contributed by atoms with E-state index in [-0.39, 0.29) is 11.6 Å². The quantitative estimate of drug-likeness (QED) is 0.743. The van der Waals surface area contributed by atoms with Gasteiger partial charge in [0.1, 0.15) is 24.3 Å². The van der Waals surface area contributed by atoms with Gasteiger partial charge in [0.15, 0.2) is 0 Å². The van der Waals surface area contributed by atoms with Gasteiger partial charge in [0.05, 0.1) is 22.2 Å². The number of halogens is 4. The van der Waals surface area contributed by atoms with Crippen LogP contribution in [0.3, 0.4) is 0 Å². The third kappa shape index (κ3) is 5.75. The van der Waals surface area contributed by atoms with Crippen molar-refractivity contribution in [3.63, 3.8) is 0 Å². The Balaban J connectivity index is 1.46. The fourth-order valence-electron chi connectivity index (χ4n) is 3.13. The molecule has 3 rings (SSSR count). The number of aromatic nitrogens is 1. The van der Waals surface area contributed by atoms with Crippen LogP contribution < -0.4 is 9.64 Å². The van der Waals surface area contributed by atoms with E-state index in [4.69, 9.17) is 21.6 Å². The number of aliphatic hydroxyl groups excluding tert-OH is 1. The van der Waals surface area contributed by atoms with E-state index in [1.165, 1.54) is 0 Å². The molecule has 0 bridgehead atoms. The van der Waals surface area contributed by atoms with E-state index < -0.39 is 17.8 Å². The molecule has 0 aliphatic carbocycles. The summed E-state index contributed by atoms with van der Waals surface area (Å²) in [5, 5.41) is 19.0. The topological polar surface area (TPSA) is 72.6 Å². The second-order valence-corrected chi connectivity index (χ2v) is 7.32. The number of anilines is 1. The molecule has 1 aromatic carbocycles. The first-order valence-corrected chi connectivity index (χ1v) is 9.65. The van der Waals surface area contributed by atoms with Crippen molar-refractivity contribution in [3.05, 3.63) is 52.7 Å². The summed E-state index contributed by atoms with van der Waals surface area (Å²) in [5.41, 5.74) is -0.344. The van der Waals surface area contributed by atoms with E-state index >= 15 is 0 Å². The maximum absolute atomic E-state index is 12.8. The molecule has 2 aromatic rings. The van der Waals surface area contributed by atoms with E-state index in [1.807, 2.05) is 15.9 Å². The monoisotopic (exact) mass is 440 g/mol. The zero-order chi connectivity index (χ0) is 21.7. The minimum Gasteiger partial charge on any atom is -0.491 e. The third-order valence-corrected chi connectivity index (χ3v) is 4.99. The van der Waals surface area contributed by atoms with Crippen LogP contribution in [-0.4, -0.2) is 60.4 Å². The van der Waals surface area contributed by atoms with Crippen molar-refractivity contribution in [2.24, 2.45) is 0 Å². The number of nitrogens with zero attached hydrogens (tertiary/aromatic N) is 4. The summed E-state index contributed by atoms with van der Waals surface area (Å²) in [5.74, 6) is 0.898. The molecule has 160 valence electrons. The van der Waals surface area contributed by atoms with Gasteiger partial charge in [-0.1, -0.05) is 11.6 Å². The highest BCUT2D eigenvalue weighted by Gasteiger charge is 2.32. The first kappa shape index (κ1) is 22.2. The van der Waals surface area contributed by atoms with Crippen molar-refractivity contribution in [1.29, 1.82) is 5.26 Å². The number of ether oxygens (including phenoxy) is 1. The molecule has 0 radical (unpaired) electrons. The zero-order valence-corrected chi connectivity index (χ0v) is 16.7. The molecule has 1 fully saturated rings. The molecule has 1 aliphatic heterocycles. The summed E-state index contributed by atoms with van der Waals surface area (Å²) in [6, 6.07) is 9.54. The van der Waals surface area contributed by atoms with E-state index in [0.717, 1.165) is 12.3 Å². The number of rotatable bonds is 6. The van der Waals surface area contributed by atoms with Gasteiger partial charge in [-0.2, -0.15) is 18.4 Å². The summed E-state index contributed by atoms with van der Waals surface area (Å²) in [6.45, 7) is 2.78. The summed E-state index contributed by atoms with van der Waals surface area (Å²) in [4.78, 5) is 7.77. The normalized spacial score (nSPS) is 16.2. The Morgan fingerprint density at radius 2 is 1.87 bits per heavy atom. The lowest BCUT2D eigenvalue weighted by Gasteiger charge is -2.36. The maximum Gasteiger partial charge on any atom is 0.417 e. The lowest BCUT2D eigenvalue weighted by atomic mass is 10.2. The molecular weight excluding hydrogens is 421 g/mol. The molecule has 1 saturated heterocycles. The van der Waals surface area contributed by atoms with E-state index in [2.05, 4.69) is 4.98 Å². The SMILES string of the molecule is N#Cc1ccc(OC[C@@H](O)CN2CCN(c3ncc(C(F)(F)F)cc3Cl)CC2)cc1. The van der Waals surface area contributed by atoms with Crippen molar-refractivity contribution < 1.29 is 23.0 Å². The van der Waals surface area contributed by atoms with E-state index in [1.54, 1.807) is 24.3 Å². The molecular formula is C20H20ClF3N4O2. The predicted octanol–water partition coefficient (Wildman–Crippen LogP) is 3.19. The Morgan fingerprint density at radius 3 is 2.43 bits per heavy atom. The number of nitriles is 1. The lowest BCUT2D eigenvalue weighted by Crippen LogP contribution is -2.49. The fraction of sp³-hybridized carbons (Fsp3) is 0.400. The summed E-state index contributed by atoms with van der Waals surface area (Å²) >= 11 is 6.02. The lowest BCUT2D eigenvalue weighted by molar-refractivity contribution is -0.137. The van der Waals surface area contributed by atoms with Gasteiger partial charge >= 0.3 is 6.18 Å². The minimum atomic E-state index is -4.48. The number of β-amino-alcohol motifs (C(OH)–C–C–N with tert-alkyl or cyclic N) is 1. The van der Waals surface area contributed by atoms with Gasteiger partial charge in [-0.15, -0.1) is 0 Å². The Labute approximate surface area is 177 Å². The van der Waals surface area contributed by atoms with Gasteiger partial charge in [-0.05, 0) is 30.3 Å². The van der Waals surface area contributed by atoms with Gasteiger partial charge in [0.25, 0.3) is 0 Å².